The number of carbonyl (C=O) groups is 2. The maximum atomic E-state index is 13.2. The second-order valence-corrected chi connectivity index (χ2v) is 15.0. The minimum Gasteiger partial charge on any atom is -0.342 e. The molecule has 0 aromatic rings. The van der Waals surface area contributed by atoms with E-state index in [0.29, 0.717) is 22.6 Å². The molecule has 6 heteroatoms. The normalized spacial score (nSPS) is 28.5. The lowest BCUT2D eigenvalue weighted by Crippen LogP contribution is -2.53. The Labute approximate surface area is 227 Å². The molecule has 4 rings (SSSR count). The first-order chi connectivity index (χ1) is 17.4. The maximum Gasteiger partial charge on any atom is 0.227 e. The van der Waals surface area contributed by atoms with Crippen LogP contribution >= 0.6 is 0 Å². The van der Waals surface area contributed by atoms with Crippen molar-refractivity contribution in [2.45, 2.75) is 92.9 Å². The van der Waals surface area contributed by atoms with Crippen LogP contribution < -0.4 is 0 Å². The molecule has 0 radical (unpaired) electrons. The molecule has 0 unspecified atom stereocenters. The molecule has 1 aliphatic carbocycles. The van der Waals surface area contributed by atoms with E-state index in [1.807, 2.05) is 20.8 Å². The molecule has 37 heavy (non-hydrogen) atoms. The van der Waals surface area contributed by atoms with Gasteiger partial charge in [0.1, 0.15) is 0 Å². The van der Waals surface area contributed by atoms with Crippen LogP contribution in [0.5, 0.6) is 0 Å². The summed E-state index contributed by atoms with van der Waals surface area (Å²) in [5.41, 5.74) is 0.570. The first-order valence-electron chi connectivity index (χ1n) is 15.4. The van der Waals surface area contributed by atoms with Gasteiger partial charge in [-0.05, 0) is 81.2 Å². The lowest BCUT2D eigenvalue weighted by atomic mass is 9.69. The molecule has 3 saturated heterocycles. The van der Waals surface area contributed by atoms with Crippen LogP contribution in [-0.4, -0.2) is 96.9 Å². The van der Waals surface area contributed by atoms with E-state index in [-0.39, 0.29) is 11.3 Å². The van der Waals surface area contributed by atoms with Crippen molar-refractivity contribution in [3.05, 3.63) is 0 Å². The highest BCUT2D eigenvalue weighted by Crippen LogP contribution is 2.42. The van der Waals surface area contributed by atoms with Crippen LogP contribution in [0.2, 0.25) is 0 Å². The van der Waals surface area contributed by atoms with Gasteiger partial charge in [-0.3, -0.25) is 14.5 Å². The van der Waals surface area contributed by atoms with Crippen molar-refractivity contribution in [2.75, 3.05) is 65.4 Å². The number of piperidine rings is 2. The highest BCUT2D eigenvalue weighted by atomic mass is 16.2. The number of amides is 2. The topological polar surface area (TPSA) is 47.1 Å². The largest absolute Gasteiger partial charge is 0.342 e. The third kappa shape index (κ3) is 7.29. The molecule has 0 aromatic heterocycles. The van der Waals surface area contributed by atoms with Crippen LogP contribution in [0.25, 0.3) is 0 Å². The molecular formula is C31H56N4O2. The van der Waals surface area contributed by atoms with Crippen LogP contribution in [0.15, 0.2) is 0 Å². The average Bonchev–Trinajstić information content (AvgIpc) is 2.87. The quantitative estimate of drug-likeness (QED) is 0.542. The zero-order chi connectivity index (χ0) is 26.8. The van der Waals surface area contributed by atoms with Gasteiger partial charge in [-0.25, -0.2) is 0 Å². The predicted octanol–water partition coefficient (Wildman–Crippen LogP) is 4.73. The fourth-order valence-corrected chi connectivity index (χ4v) is 7.35. The van der Waals surface area contributed by atoms with E-state index >= 15 is 0 Å². The molecule has 1 spiro atoms. The van der Waals surface area contributed by atoms with Crippen molar-refractivity contribution in [1.82, 2.24) is 19.6 Å². The van der Waals surface area contributed by atoms with Crippen molar-refractivity contribution in [3.63, 3.8) is 0 Å². The molecule has 0 N–H and O–H groups in total. The summed E-state index contributed by atoms with van der Waals surface area (Å²) in [5, 5.41) is 0. The summed E-state index contributed by atoms with van der Waals surface area (Å²) in [6.07, 6.45) is 9.51. The number of hydrogen-bond acceptors (Lipinski definition) is 4. The molecule has 2 amide bonds. The van der Waals surface area contributed by atoms with Crippen molar-refractivity contribution < 1.29 is 9.59 Å². The molecule has 0 aromatic carbocycles. The molecule has 212 valence electrons. The SMILES string of the molecule is CC(C)(C)C(=O)N1CCC2(CCN(CCN3CCN(C(=O)C4CCC(C(C)(C)C)CC4)CC3)CC2)CC1. The second-order valence-electron chi connectivity index (χ2n) is 15.0. The van der Waals surface area contributed by atoms with Gasteiger partial charge in [-0.15, -0.1) is 0 Å². The standard InChI is InChI=1S/C31H56N4O2/c1-29(2,3)26-9-7-25(8-10-26)27(36)34-23-21-33(22-24-34)20-19-32-15-11-31(12-16-32)13-17-35(18-14-31)28(37)30(4,5)6/h25-26H,7-24H2,1-6H3. The Morgan fingerprint density at radius 1 is 0.649 bits per heavy atom. The Morgan fingerprint density at radius 3 is 1.62 bits per heavy atom. The average molecular weight is 517 g/mol. The molecule has 0 atom stereocenters. The van der Waals surface area contributed by atoms with Gasteiger partial charge in [0.05, 0.1) is 0 Å². The highest BCUT2D eigenvalue weighted by Gasteiger charge is 2.40. The van der Waals surface area contributed by atoms with Gasteiger partial charge in [0, 0.05) is 63.7 Å². The number of nitrogens with zero attached hydrogens (tertiary/aromatic N) is 4. The number of piperazine rings is 1. The Balaban J connectivity index is 1.11. The van der Waals surface area contributed by atoms with Crippen LogP contribution in [0.4, 0.5) is 0 Å². The highest BCUT2D eigenvalue weighted by molar-refractivity contribution is 5.81. The minimum absolute atomic E-state index is 0.266. The zero-order valence-corrected chi connectivity index (χ0v) is 25.0. The van der Waals surface area contributed by atoms with Crippen molar-refractivity contribution in [3.8, 4) is 0 Å². The van der Waals surface area contributed by atoms with E-state index in [2.05, 4.69) is 40.4 Å². The summed E-state index contributed by atoms with van der Waals surface area (Å²) in [7, 11) is 0. The van der Waals surface area contributed by atoms with Gasteiger partial charge in [0.25, 0.3) is 0 Å². The number of carbonyl (C=O) groups excluding carboxylic acids is 2. The van der Waals surface area contributed by atoms with E-state index in [4.69, 9.17) is 0 Å². The maximum absolute atomic E-state index is 13.2. The van der Waals surface area contributed by atoms with E-state index in [1.165, 1.54) is 51.6 Å². The van der Waals surface area contributed by atoms with Gasteiger partial charge < -0.3 is 14.7 Å². The van der Waals surface area contributed by atoms with Crippen LogP contribution in [-0.2, 0) is 9.59 Å². The van der Waals surface area contributed by atoms with E-state index in [9.17, 15) is 9.59 Å². The van der Waals surface area contributed by atoms with Crippen LogP contribution in [0.1, 0.15) is 92.9 Å². The fraction of sp³-hybridized carbons (Fsp3) is 0.935. The van der Waals surface area contributed by atoms with Gasteiger partial charge in [0.15, 0.2) is 0 Å². The fourth-order valence-electron chi connectivity index (χ4n) is 7.35. The molecule has 0 bridgehead atoms. The Bertz CT molecular complexity index is 764. The van der Waals surface area contributed by atoms with Crippen LogP contribution in [0.3, 0.4) is 0 Å². The summed E-state index contributed by atoms with van der Waals surface area (Å²) in [4.78, 5) is 35.3. The monoisotopic (exact) mass is 516 g/mol. The molecule has 6 nitrogen and oxygen atoms in total. The Morgan fingerprint density at radius 2 is 1.14 bits per heavy atom. The molecule has 1 saturated carbocycles. The minimum atomic E-state index is -0.266. The molecule has 4 fully saturated rings. The van der Waals surface area contributed by atoms with Crippen molar-refractivity contribution in [1.29, 1.82) is 0 Å². The summed E-state index contributed by atoms with van der Waals surface area (Å²) in [6, 6.07) is 0. The summed E-state index contributed by atoms with van der Waals surface area (Å²) in [5.74, 6) is 1.78. The third-order valence-electron chi connectivity index (χ3n) is 10.4. The number of hydrogen-bond donors (Lipinski definition) is 0. The molecule has 3 aliphatic heterocycles. The van der Waals surface area contributed by atoms with E-state index in [1.54, 1.807) is 0 Å². The van der Waals surface area contributed by atoms with E-state index < -0.39 is 0 Å². The summed E-state index contributed by atoms with van der Waals surface area (Å²) in [6.45, 7) is 23.6. The first-order valence-corrected chi connectivity index (χ1v) is 15.4. The number of rotatable bonds is 4. The summed E-state index contributed by atoms with van der Waals surface area (Å²) < 4.78 is 0. The van der Waals surface area contributed by atoms with Crippen LogP contribution in [0, 0.1) is 28.1 Å². The Kier molecular flexibility index (Phi) is 9.00. The summed E-state index contributed by atoms with van der Waals surface area (Å²) >= 11 is 0. The smallest absolute Gasteiger partial charge is 0.227 e. The van der Waals surface area contributed by atoms with Crippen molar-refractivity contribution >= 4 is 11.8 Å². The van der Waals surface area contributed by atoms with E-state index in [0.717, 1.165) is 71.1 Å². The first kappa shape index (κ1) is 28.9. The lowest BCUT2D eigenvalue weighted by Gasteiger charge is -2.48. The second kappa shape index (κ2) is 11.5. The Hall–Kier alpha value is -1.14. The van der Waals surface area contributed by atoms with Gasteiger partial charge in [0.2, 0.25) is 11.8 Å². The lowest BCUT2D eigenvalue weighted by molar-refractivity contribution is -0.142. The van der Waals surface area contributed by atoms with Gasteiger partial charge in [-0.1, -0.05) is 41.5 Å². The van der Waals surface area contributed by atoms with Gasteiger partial charge >= 0.3 is 0 Å². The molecular weight excluding hydrogens is 460 g/mol. The van der Waals surface area contributed by atoms with Crippen molar-refractivity contribution in [2.24, 2.45) is 28.1 Å². The molecule has 3 heterocycles. The zero-order valence-electron chi connectivity index (χ0n) is 25.0. The van der Waals surface area contributed by atoms with Gasteiger partial charge in [-0.2, -0.15) is 0 Å². The number of likely N-dealkylation sites (tertiary alicyclic amines) is 2. The predicted molar refractivity (Wildman–Crippen MR) is 151 cm³/mol. The molecule has 4 aliphatic rings. The third-order valence-corrected chi connectivity index (χ3v) is 10.4.